The van der Waals surface area contributed by atoms with Crippen LogP contribution in [0.5, 0.6) is 0 Å². The van der Waals surface area contributed by atoms with Gasteiger partial charge >= 0.3 is 0 Å². The van der Waals surface area contributed by atoms with Gasteiger partial charge in [-0.25, -0.2) is 4.39 Å². The number of hydrogen-bond donors (Lipinski definition) is 0. The van der Waals surface area contributed by atoms with E-state index in [1.165, 1.54) is 11.0 Å². The molecule has 0 aromatic heterocycles. The molecular formula is C19H24BrFN2O4Si. The van der Waals surface area contributed by atoms with Crippen molar-refractivity contribution < 1.29 is 23.5 Å². The summed E-state index contributed by atoms with van der Waals surface area (Å²) in [6.45, 7) is 7.18. The van der Waals surface area contributed by atoms with E-state index in [1.807, 2.05) is 0 Å². The maximum absolute atomic E-state index is 14.2. The lowest BCUT2D eigenvalue weighted by molar-refractivity contribution is -0.158. The number of imide groups is 1. The fourth-order valence-electron chi connectivity index (χ4n) is 3.40. The third-order valence-electron chi connectivity index (χ3n) is 5.08. The van der Waals surface area contributed by atoms with Crippen LogP contribution in [-0.2, 0) is 20.9 Å². The van der Waals surface area contributed by atoms with E-state index in [1.54, 1.807) is 6.07 Å². The molecule has 0 aliphatic carbocycles. The van der Waals surface area contributed by atoms with E-state index in [0.29, 0.717) is 16.6 Å². The van der Waals surface area contributed by atoms with Crippen molar-refractivity contribution >= 4 is 41.7 Å². The maximum atomic E-state index is 14.2. The van der Waals surface area contributed by atoms with E-state index >= 15 is 0 Å². The largest absolute Gasteiger partial charge is 0.361 e. The zero-order valence-electron chi connectivity index (χ0n) is 16.3. The van der Waals surface area contributed by atoms with Crippen LogP contribution in [0, 0.1) is 5.82 Å². The Kier molecular flexibility index (Phi) is 6.07. The van der Waals surface area contributed by atoms with Crippen LogP contribution in [0.3, 0.4) is 0 Å². The second-order valence-corrected chi connectivity index (χ2v) is 14.9. The predicted octanol–water partition coefficient (Wildman–Crippen LogP) is 3.37. The smallest absolute Gasteiger partial charge is 0.258 e. The summed E-state index contributed by atoms with van der Waals surface area (Å²) >= 11 is 3.34. The molecule has 152 valence electrons. The van der Waals surface area contributed by atoms with Crippen molar-refractivity contribution in [1.29, 1.82) is 0 Å². The van der Waals surface area contributed by atoms with Crippen LogP contribution in [0.4, 0.5) is 4.39 Å². The van der Waals surface area contributed by atoms with Crippen molar-refractivity contribution in [3.8, 4) is 0 Å². The Morgan fingerprint density at radius 1 is 1.25 bits per heavy atom. The van der Waals surface area contributed by atoms with Gasteiger partial charge in [0.15, 0.2) is 0 Å². The number of hydrogen-bond acceptors (Lipinski definition) is 4. The molecule has 9 heteroatoms. The number of piperidine rings is 1. The van der Waals surface area contributed by atoms with Crippen molar-refractivity contribution in [3.63, 3.8) is 0 Å². The molecule has 1 aromatic rings. The first-order valence-electron chi connectivity index (χ1n) is 9.30. The second-order valence-electron chi connectivity index (χ2n) is 8.38. The van der Waals surface area contributed by atoms with Gasteiger partial charge in [-0.2, -0.15) is 0 Å². The first kappa shape index (κ1) is 21.1. The van der Waals surface area contributed by atoms with Gasteiger partial charge in [-0.1, -0.05) is 35.6 Å². The van der Waals surface area contributed by atoms with E-state index in [0.717, 1.165) is 10.9 Å². The highest BCUT2D eigenvalue weighted by Gasteiger charge is 2.44. The summed E-state index contributed by atoms with van der Waals surface area (Å²) in [6, 6.07) is 2.93. The number of halogens is 2. The third kappa shape index (κ3) is 4.21. The summed E-state index contributed by atoms with van der Waals surface area (Å²) in [5.41, 5.74) is 0.532. The maximum Gasteiger partial charge on any atom is 0.258 e. The summed E-state index contributed by atoms with van der Waals surface area (Å²) in [6.07, 6.45) is 0.388. The summed E-state index contributed by atoms with van der Waals surface area (Å²) in [5, 5.41) is 0. The molecule has 2 aliphatic heterocycles. The highest BCUT2D eigenvalue weighted by atomic mass is 79.9. The number of benzene rings is 1. The molecule has 0 N–H and O–H groups in total. The second kappa shape index (κ2) is 8.04. The Balaban J connectivity index is 1.71. The zero-order valence-corrected chi connectivity index (χ0v) is 18.8. The monoisotopic (exact) mass is 470 g/mol. The molecule has 3 rings (SSSR count). The van der Waals surface area contributed by atoms with E-state index in [-0.39, 0.29) is 37.6 Å². The number of ether oxygens (including phenoxy) is 1. The van der Waals surface area contributed by atoms with Crippen molar-refractivity contribution in [3.05, 3.63) is 33.5 Å². The number of carbonyl (C=O) groups is 3. The summed E-state index contributed by atoms with van der Waals surface area (Å²) in [5.74, 6) is -1.87. The van der Waals surface area contributed by atoms with Gasteiger partial charge in [-0.3, -0.25) is 19.3 Å². The molecule has 1 fully saturated rings. The van der Waals surface area contributed by atoms with Crippen molar-refractivity contribution in [2.24, 2.45) is 0 Å². The quantitative estimate of drug-likeness (QED) is 0.363. The lowest BCUT2D eigenvalue weighted by atomic mass is 10.0. The van der Waals surface area contributed by atoms with Crippen LogP contribution in [0.25, 0.3) is 0 Å². The van der Waals surface area contributed by atoms with Crippen molar-refractivity contribution in [1.82, 2.24) is 9.80 Å². The average molecular weight is 471 g/mol. The number of likely N-dealkylation sites (tertiary alicyclic amines) is 1. The Bertz CT molecular complexity index is 827. The molecule has 0 bridgehead atoms. The highest BCUT2D eigenvalue weighted by Crippen LogP contribution is 2.34. The standard InChI is InChI=1S/C19H24BrFN2O4Si/c1-28(2,3)9-8-27-11-23-16(24)7-6-15(18(23)25)22-10-12-13(20)4-5-14(21)17(12)19(22)26/h4-5,15H,6-11H2,1-3H3. The molecule has 1 saturated heterocycles. The molecule has 3 amide bonds. The van der Waals surface area contributed by atoms with Crippen LogP contribution >= 0.6 is 15.9 Å². The topological polar surface area (TPSA) is 66.9 Å². The van der Waals surface area contributed by atoms with Crippen LogP contribution in [-0.4, -0.2) is 55.0 Å². The van der Waals surface area contributed by atoms with Gasteiger partial charge in [0.2, 0.25) is 5.91 Å². The first-order valence-corrected chi connectivity index (χ1v) is 13.8. The van der Waals surface area contributed by atoms with Crippen molar-refractivity contribution in [2.45, 2.75) is 51.1 Å². The minimum Gasteiger partial charge on any atom is -0.361 e. The van der Waals surface area contributed by atoms with Gasteiger partial charge in [0, 0.05) is 37.7 Å². The number of rotatable bonds is 6. The van der Waals surface area contributed by atoms with Crippen LogP contribution in [0.1, 0.15) is 28.8 Å². The van der Waals surface area contributed by atoms with Crippen LogP contribution < -0.4 is 0 Å². The average Bonchev–Trinajstić information content (AvgIpc) is 2.95. The van der Waals surface area contributed by atoms with Crippen LogP contribution in [0.2, 0.25) is 25.7 Å². The Morgan fingerprint density at radius 2 is 1.96 bits per heavy atom. The van der Waals surface area contributed by atoms with Crippen molar-refractivity contribution in [2.75, 3.05) is 13.3 Å². The lowest BCUT2D eigenvalue weighted by Gasteiger charge is -2.35. The van der Waals surface area contributed by atoms with Gasteiger partial charge in [0.25, 0.3) is 11.8 Å². The SMILES string of the molecule is C[Si](C)(C)CCOCN1C(=O)CCC(N2Cc3c(Br)ccc(F)c3C2=O)C1=O. The van der Waals surface area contributed by atoms with Gasteiger partial charge < -0.3 is 9.64 Å². The molecule has 0 saturated carbocycles. The molecule has 6 nitrogen and oxygen atoms in total. The molecule has 0 spiro atoms. The number of fused-ring (bicyclic) bond motifs is 1. The number of carbonyl (C=O) groups excluding carboxylic acids is 3. The van der Waals surface area contributed by atoms with Crippen LogP contribution in [0.15, 0.2) is 16.6 Å². The molecule has 28 heavy (non-hydrogen) atoms. The molecule has 1 atom stereocenters. The molecule has 1 aromatic carbocycles. The Morgan fingerprint density at radius 3 is 2.61 bits per heavy atom. The molecule has 2 aliphatic rings. The summed E-state index contributed by atoms with van der Waals surface area (Å²) in [7, 11) is -1.28. The van der Waals surface area contributed by atoms with E-state index < -0.39 is 31.7 Å². The fraction of sp³-hybridized carbons (Fsp3) is 0.526. The Hall–Kier alpha value is -1.58. The number of amides is 3. The summed E-state index contributed by atoms with van der Waals surface area (Å²) < 4.78 is 20.4. The summed E-state index contributed by atoms with van der Waals surface area (Å²) in [4.78, 5) is 40.3. The first-order chi connectivity index (χ1) is 13.1. The van der Waals surface area contributed by atoms with Gasteiger partial charge in [-0.05, 0) is 24.6 Å². The molecule has 2 heterocycles. The van der Waals surface area contributed by atoms with E-state index in [2.05, 4.69) is 35.6 Å². The predicted molar refractivity (Wildman–Crippen MR) is 108 cm³/mol. The molecular weight excluding hydrogens is 447 g/mol. The van der Waals surface area contributed by atoms with Gasteiger partial charge in [-0.15, -0.1) is 0 Å². The Labute approximate surface area is 173 Å². The van der Waals surface area contributed by atoms with E-state index in [4.69, 9.17) is 4.74 Å². The van der Waals surface area contributed by atoms with Gasteiger partial charge in [0.05, 0.1) is 5.56 Å². The third-order valence-corrected chi connectivity index (χ3v) is 7.53. The minimum atomic E-state index is -1.28. The molecule has 0 radical (unpaired) electrons. The number of nitrogens with zero attached hydrogens (tertiary/aromatic N) is 2. The highest BCUT2D eigenvalue weighted by molar-refractivity contribution is 9.10. The zero-order chi connectivity index (χ0) is 20.6. The normalized spacial score (nSPS) is 20.2. The fourth-order valence-corrected chi connectivity index (χ4v) is 4.61. The molecule has 1 unspecified atom stereocenters. The lowest BCUT2D eigenvalue weighted by Crippen LogP contribution is -2.55. The van der Waals surface area contributed by atoms with Gasteiger partial charge in [0.1, 0.15) is 18.6 Å². The minimum absolute atomic E-state index is 0.00277. The van der Waals surface area contributed by atoms with E-state index in [9.17, 15) is 18.8 Å².